The first-order valence-corrected chi connectivity index (χ1v) is 6.92. The van der Waals surface area contributed by atoms with Gasteiger partial charge in [0.2, 0.25) is 5.91 Å². The van der Waals surface area contributed by atoms with Gasteiger partial charge in [-0.2, -0.15) is 0 Å². The highest BCUT2D eigenvalue weighted by atomic mass is 16.5. The van der Waals surface area contributed by atoms with Gasteiger partial charge in [0.1, 0.15) is 6.04 Å². The van der Waals surface area contributed by atoms with E-state index in [1.54, 1.807) is 0 Å². The quantitative estimate of drug-likeness (QED) is 0.835. The molecule has 1 amide bonds. The summed E-state index contributed by atoms with van der Waals surface area (Å²) in [7, 11) is 0. The van der Waals surface area contributed by atoms with Crippen molar-refractivity contribution in [2.24, 2.45) is 0 Å². The van der Waals surface area contributed by atoms with E-state index >= 15 is 0 Å². The molecule has 0 aromatic heterocycles. The molecule has 1 aromatic carbocycles. The van der Waals surface area contributed by atoms with E-state index in [1.165, 1.54) is 5.56 Å². The lowest BCUT2D eigenvalue weighted by molar-refractivity contribution is -0.143. The number of para-hydroxylation sites is 1. The van der Waals surface area contributed by atoms with Gasteiger partial charge in [-0.05, 0) is 25.5 Å². The topological polar surface area (TPSA) is 41.6 Å². The molecule has 1 N–H and O–H groups in total. The van der Waals surface area contributed by atoms with Crippen LogP contribution in [0.25, 0.3) is 0 Å². The molecule has 4 nitrogen and oxygen atoms in total. The first-order chi connectivity index (χ1) is 9.13. The van der Waals surface area contributed by atoms with Crippen molar-refractivity contribution >= 4 is 11.6 Å². The van der Waals surface area contributed by atoms with E-state index < -0.39 is 0 Å². The predicted octanol–water partition coefficient (Wildman–Crippen LogP) is 1.66. The van der Waals surface area contributed by atoms with E-state index in [2.05, 4.69) is 11.4 Å². The van der Waals surface area contributed by atoms with Gasteiger partial charge in [0, 0.05) is 25.2 Å². The fourth-order valence-corrected chi connectivity index (χ4v) is 3.03. The van der Waals surface area contributed by atoms with Gasteiger partial charge in [0.05, 0.1) is 12.2 Å². The van der Waals surface area contributed by atoms with Gasteiger partial charge in [-0.3, -0.25) is 4.79 Å². The van der Waals surface area contributed by atoms with Gasteiger partial charge >= 0.3 is 0 Å². The lowest BCUT2D eigenvalue weighted by Crippen LogP contribution is -2.52. The van der Waals surface area contributed by atoms with Crippen LogP contribution >= 0.6 is 0 Å². The monoisotopic (exact) mass is 260 g/mol. The Hall–Kier alpha value is -1.55. The van der Waals surface area contributed by atoms with Crippen molar-refractivity contribution in [1.82, 2.24) is 4.90 Å². The maximum Gasteiger partial charge on any atom is 0.245 e. The van der Waals surface area contributed by atoms with E-state index in [-0.39, 0.29) is 24.2 Å². The molecule has 2 aliphatic rings. The third-order valence-corrected chi connectivity index (χ3v) is 3.80. The number of benzene rings is 1. The molecule has 0 radical (unpaired) electrons. The van der Waals surface area contributed by atoms with Crippen molar-refractivity contribution in [2.45, 2.75) is 38.5 Å². The summed E-state index contributed by atoms with van der Waals surface area (Å²) in [4.78, 5) is 14.5. The molecular weight excluding hydrogens is 240 g/mol. The highest BCUT2D eigenvalue weighted by Gasteiger charge is 2.33. The SMILES string of the molecule is CC1CN(C(=O)[C@@H]2Cc3ccccc3N2)CC(C)O1. The standard InChI is InChI=1S/C15H20N2O2/c1-10-8-17(9-11(2)19-10)15(18)14-7-12-5-3-4-6-13(12)16-14/h3-6,10-11,14,16H,7-9H2,1-2H3/t10?,11?,14-/m0/s1. The molecule has 3 atom stereocenters. The lowest BCUT2D eigenvalue weighted by atomic mass is 10.1. The molecule has 1 saturated heterocycles. The van der Waals surface area contributed by atoms with Gasteiger partial charge < -0.3 is 15.0 Å². The number of hydrogen-bond acceptors (Lipinski definition) is 3. The second-order valence-corrected chi connectivity index (χ2v) is 5.56. The Labute approximate surface area is 113 Å². The molecule has 0 spiro atoms. The van der Waals surface area contributed by atoms with Crippen molar-refractivity contribution in [3.05, 3.63) is 29.8 Å². The number of morpholine rings is 1. The molecule has 0 saturated carbocycles. The van der Waals surface area contributed by atoms with Crippen LogP contribution in [-0.2, 0) is 16.0 Å². The number of nitrogens with zero attached hydrogens (tertiary/aromatic N) is 1. The molecular formula is C15H20N2O2. The summed E-state index contributed by atoms with van der Waals surface area (Å²) < 4.78 is 5.68. The van der Waals surface area contributed by atoms with E-state index in [0.29, 0.717) is 13.1 Å². The van der Waals surface area contributed by atoms with Gasteiger partial charge in [-0.1, -0.05) is 18.2 Å². The highest BCUT2D eigenvalue weighted by Crippen LogP contribution is 2.26. The van der Waals surface area contributed by atoms with Gasteiger partial charge in [-0.15, -0.1) is 0 Å². The summed E-state index contributed by atoms with van der Waals surface area (Å²) in [6.07, 6.45) is 1.03. The largest absolute Gasteiger partial charge is 0.373 e. The van der Waals surface area contributed by atoms with Crippen molar-refractivity contribution in [3.63, 3.8) is 0 Å². The summed E-state index contributed by atoms with van der Waals surface area (Å²) >= 11 is 0. The summed E-state index contributed by atoms with van der Waals surface area (Å²) in [5.74, 6) is 0.193. The van der Waals surface area contributed by atoms with Crippen molar-refractivity contribution in [2.75, 3.05) is 18.4 Å². The van der Waals surface area contributed by atoms with Crippen molar-refractivity contribution < 1.29 is 9.53 Å². The van der Waals surface area contributed by atoms with Crippen LogP contribution in [0.15, 0.2) is 24.3 Å². The Kier molecular flexibility index (Phi) is 3.19. The van der Waals surface area contributed by atoms with E-state index in [4.69, 9.17) is 4.74 Å². The Bertz CT molecular complexity index is 454. The van der Waals surface area contributed by atoms with Gasteiger partial charge in [-0.25, -0.2) is 0 Å². The Morgan fingerprint density at radius 3 is 2.63 bits per heavy atom. The zero-order valence-corrected chi connectivity index (χ0v) is 11.4. The first kappa shape index (κ1) is 12.5. The smallest absolute Gasteiger partial charge is 0.245 e. The number of hydrogen-bond donors (Lipinski definition) is 1. The van der Waals surface area contributed by atoms with E-state index in [1.807, 2.05) is 36.9 Å². The number of nitrogens with one attached hydrogen (secondary N) is 1. The average Bonchev–Trinajstić information content (AvgIpc) is 2.80. The summed E-state index contributed by atoms with van der Waals surface area (Å²) in [5.41, 5.74) is 2.32. The highest BCUT2D eigenvalue weighted by molar-refractivity contribution is 5.87. The maximum atomic E-state index is 12.6. The number of fused-ring (bicyclic) bond motifs is 1. The summed E-state index contributed by atoms with van der Waals surface area (Å²) in [6.45, 7) is 5.43. The first-order valence-electron chi connectivity index (χ1n) is 6.92. The van der Waals surface area contributed by atoms with Crippen LogP contribution in [0, 0.1) is 0 Å². The molecule has 102 valence electrons. The zero-order valence-electron chi connectivity index (χ0n) is 11.4. The van der Waals surface area contributed by atoms with Crippen LogP contribution < -0.4 is 5.32 Å². The molecule has 4 heteroatoms. The lowest BCUT2D eigenvalue weighted by Gasteiger charge is -2.36. The average molecular weight is 260 g/mol. The minimum absolute atomic E-state index is 0.116. The third kappa shape index (κ3) is 2.45. The zero-order chi connectivity index (χ0) is 13.4. The van der Waals surface area contributed by atoms with Crippen LogP contribution in [0.2, 0.25) is 0 Å². The molecule has 1 aromatic rings. The fraction of sp³-hybridized carbons (Fsp3) is 0.533. The fourth-order valence-electron chi connectivity index (χ4n) is 3.03. The number of carbonyl (C=O) groups is 1. The third-order valence-electron chi connectivity index (χ3n) is 3.80. The molecule has 0 bridgehead atoms. The molecule has 1 fully saturated rings. The van der Waals surface area contributed by atoms with Crippen LogP contribution in [0.5, 0.6) is 0 Å². The second-order valence-electron chi connectivity index (χ2n) is 5.56. The molecule has 3 rings (SSSR count). The number of amides is 1. The number of rotatable bonds is 1. The van der Waals surface area contributed by atoms with Gasteiger partial charge in [0.15, 0.2) is 0 Å². The minimum Gasteiger partial charge on any atom is -0.373 e. The Morgan fingerprint density at radius 1 is 1.26 bits per heavy atom. The summed E-state index contributed by atoms with van der Waals surface area (Å²) in [5, 5.41) is 3.33. The van der Waals surface area contributed by atoms with Crippen LogP contribution in [0.3, 0.4) is 0 Å². The van der Waals surface area contributed by atoms with Gasteiger partial charge in [0.25, 0.3) is 0 Å². The number of ether oxygens (including phenoxy) is 1. The molecule has 2 unspecified atom stereocenters. The van der Waals surface area contributed by atoms with Crippen LogP contribution in [0.1, 0.15) is 19.4 Å². The van der Waals surface area contributed by atoms with Crippen LogP contribution in [-0.4, -0.2) is 42.1 Å². The summed E-state index contributed by atoms with van der Waals surface area (Å²) in [6, 6.07) is 8.02. The number of carbonyl (C=O) groups excluding carboxylic acids is 1. The van der Waals surface area contributed by atoms with Crippen molar-refractivity contribution in [3.8, 4) is 0 Å². The van der Waals surface area contributed by atoms with Crippen LogP contribution in [0.4, 0.5) is 5.69 Å². The van der Waals surface area contributed by atoms with Crippen molar-refractivity contribution in [1.29, 1.82) is 0 Å². The molecule has 2 aliphatic heterocycles. The molecule has 0 aliphatic carbocycles. The van der Waals surface area contributed by atoms with E-state index in [0.717, 1.165) is 12.1 Å². The maximum absolute atomic E-state index is 12.6. The number of anilines is 1. The normalized spacial score (nSPS) is 29.8. The second kappa shape index (κ2) is 4.85. The predicted molar refractivity (Wildman–Crippen MR) is 74.1 cm³/mol. The van der Waals surface area contributed by atoms with E-state index in [9.17, 15) is 4.79 Å². The molecule has 2 heterocycles. The minimum atomic E-state index is -0.116. The Morgan fingerprint density at radius 2 is 1.95 bits per heavy atom. The Balaban J connectivity index is 1.69. The molecule has 19 heavy (non-hydrogen) atoms.